The van der Waals surface area contributed by atoms with E-state index in [1.165, 1.54) is 6.92 Å². The van der Waals surface area contributed by atoms with Gasteiger partial charge in [-0.15, -0.1) is 11.8 Å². The third-order valence-electron chi connectivity index (χ3n) is 10.9. The zero-order valence-corrected chi connectivity index (χ0v) is 36.6. The van der Waals surface area contributed by atoms with E-state index < -0.39 is 61.0 Å². The van der Waals surface area contributed by atoms with Gasteiger partial charge in [-0.2, -0.15) is 0 Å². The first kappa shape index (κ1) is 45.4. The molecule has 1 fully saturated rings. The Morgan fingerprint density at radius 2 is 1.34 bits per heavy atom. The second-order valence-electron chi connectivity index (χ2n) is 16.5. The molecule has 1 aliphatic heterocycles. The Kier molecular flexibility index (Phi) is 15.5. The molecule has 0 spiro atoms. The van der Waals surface area contributed by atoms with Crippen LogP contribution in [0.5, 0.6) is 0 Å². The highest BCUT2D eigenvalue weighted by Crippen LogP contribution is 2.48. The first-order chi connectivity index (χ1) is 28.1. The summed E-state index contributed by atoms with van der Waals surface area (Å²) in [6, 6.07) is 37.8. The fourth-order valence-electron chi connectivity index (χ4n) is 7.30. The van der Waals surface area contributed by atoms with Crippen LogP contribution in [0.2, 0.25) is 0 Å². The van der Waals surface area contributed by atoms with Gasteiger partial charge in [0.1, 0.15) is 11.6 Å². The molecule has 0 radical (unpaired) electrons. The molecule has 316 valence electrons. The summed E-state index contributed by atoms with van der Waals surface area (Å²) in [5.74, 6) is -1.40. The van der Waals surface area contributed by atoms with Crippen LogP contribution in [0.1, 0.15) is 76.6 Å². The zero-order valence-electron chi connectivity index (χ0n) is 35.0. The van der Waals surface area contributed by atoms with Crippen LogP contribution in [-0.2, 0) is 40.1 Å². The van der Waals surface area contributed by atoms with Crippen molar-refractivity contribution in [2.24, 2.45) is 5.92 Å². The maximum Gasteiger partial charge on any atom is 0.407 e. The van der Waals surface area contributed by atoms with Gasteiger partial charge in [-0.25, -0.2) is 18.0 Å². The van der Waals surface area contributed by atoms with Gasteiger partial charge in [-0.1, -0.05) is 142 Å². The molecule has 1 heterocycles. The lowest BCUT2D eigenvalue weighted by Crippen LogP contribution is -2.58. The summed E-state index contributed by atoms with van der Waals surface area (Å²) in [4.78, 5) is 39.9. The number of esters is 1. The van der Waals surface area contributed by atoms with Crippen molar-refractivity contribution in [3.8, 4) is 0 Å². The van der Waals surface area contributed by atoms with Gasteiger partial charge < -0.3 is 25.4 Å². The average molecular weight is 842 g/mol. The molecule has 59 heavy (non-hydrogen) atoms. The number of carbonyl (C=O) groups is 3. The second kappa shape index (κ2) is 20.1. The number of hydrogen-bond acceptors (Lipinski definition) is 9. The number of carbonyl (C=O) groups excluding carboxylic acids is 3. The molecule has 0 bridgehead atoms. The number of cyclic esters (lactones) is 1. The van der Waals surface area contributed by atoms with Crippen molar-refractivity contribution in [3.05, 3.63) is 144 Å². The largest absolute Gasteiger partial charge is 0.464 e. The number of sulfone groups is 1. The average Bonchev–Trinajstić information content (AvgIpc) is 3.63. The molecule has 1 aliphatic rings. The van der Waals surface area contributed by atoms with Crippen LogP contribution < -0.4 is 16.0 Å². The Hall–Kier alpha value is -4.65. The minimum Gasteiger partial charge on any atom is -0.464 e. The van der Waals surface area contributed by atoms with E-state index >= 15 is 0 Å². The molecule has 0 aromatic heterocycles. The summed E-state index contributed by atoms with van der Waals surface area (Å²) >= 11 is 1.68. The molecule has 0 saturated carbocycles. The molecule has 4 aromatic carbocycles. The highest BCUT2D eigenvalue weighted by atomic mass is 32.2. The highest BCUT2D eigenvalue weighted by Gasteiger charge is 2.49. The fourth-order valence-corrected chi connectivity index (χ4v) is 10.9. The predicted octanol–water partition coefficient (Wildman–Crippen LogP) is 7.46. The molecule has 3 unspecified atom stereocenters. The first-order valence-corrected chi connectivity index (χ1v) is 23.0. The van der Waals surface area contributed by atoms with E-state index in [-0.39, 0.29) is 37.7 Å². The molecule has 0 aliphatic carbocycles. The highest BCUT2D eigenvalue weighted by molar-refractivity contribution is 8.00. The SMILES string of the molecule is CC[C@H](C)C(CS(=O)(=O)C(C)(Cc1ccccc1)C(=O)N[C@@H]1CCOC1=O)NCC(CSC(c1ccccc1)(c1ccccc1)c1ccccc1)NC(=O)OC(C)(C)C. The second-order valence-corrected chi connectivity index (χ2v) is 20.2. The molecule has 3 N–H and O–H groups in total. The third kappa shape index (κ3) is 11.6. The smallest absolute Gasteiger partial charge is 0.407 e. The molecule has 4 aromatic rings. The molecule has 2 amide bonds. The third-order valence-corrected chi connectivity index (χ3v) is 15.1. The van der Waals surface area contributed by atoms with Gasteiger partial charge in [-0.3, -0.25) is 4.79 Å². The zero-order chi connectivity index (χ0) is 42.7. The van der Waals surface area contributed by atoms with Crippen molar-refractivity contribution in [3.63, 3.8) is 0 Å². The number of benzene rings is 4. The van der Waals surface area contributed by atoms with Gasteiger partial charge in [0, 0.05) is 31.2 Å². The Labute approximate surface area is 354 Å². The van der Waals surface area contributed by atoms with Crippen LogP contribution in [-0.4, -0.2) is 79.5 Å². The molecule has 1 saturated heterocycles. The number of hydrogen-bond donors (Lipinski definition) is 3. The van der Waals surface area contributed by atoms with E-state index in [0.29, 0.717) is 17.7 Å². The van der Waals surface area contributed by atoms with E-state index in [4.69, 9.17) is 9.47 Å². The maximum absolute atomic E-state index is 14.8. The maximum atomic E-state index is 14.8. The van der Waals surface area contributed by atoms with Gasteiger partial charge in [0.05, 0.1) is 23.1 Å². The van der Waals surface area contributed by atoms with Gasteiger partial charge >= 0.3 is 12.1 Å². The van der Waals surface area contributed by atoms with Crippen LogP contribution in [0.4, 0.5) is 4.79 Å². The summed E-state index contributed by atoms with van der Waals surface area (Å²) in [5.41, 5.74) is 3.13. The van der Waals surface area contributed by atoms with E-state index in [1.807, 2.05) is 95.3 Å². The quantitative estimate of drug-likeness (QED) is 0.0649. The minimum atomic E-state index is -4.22. The summed E-state index contributed by atoms with van der Waals surface area (Å²) in [6.07, 6.45) is 0.255. The van der Waals surface area contributed by atoms with Crippen LogP contribution in [0, 0.1) is 5.92 Å². The standard InChI is InChI=1S/C47H59N3O7S2/c1-7-34(2)41(33-59(54,55)46(6,30-35-20-12-8-13-21-35)43(52)50-40-28-29-56-42(40)51)48-31-39(49-44(53)57-45(3,4)5)32-58-47(36-22-14-9-15-23-36,37-24-16-10-17-25-37)38-26-18-11-19-27-38/h8-27,34,39-41,48H,7,28-33H2,1-6H3,(H,49,53)(H,50,52)/t34-,39?,40+,41?,46?/m0/s1. The van der Waals surface area contributed by atoms with Gasteiger partial charge in [-0.05, 0) is 55.9 Å². The fraction of sp³-hybridized carbons (Fsp3) is 0.426. The molecular formula is C47H59N3O7S2. The van der Waals surface area contributed by atoms with Crippen LogP contribution in [0.15, 0.2) is 121 Å². The van der Waals surface area contributed by atoms with E-state index in [2.05, 4.69) is 52.3 Å². The monoisotopic (exact) mass is 841 g/mol. The topological polar surface area (TPSA) is 140 Å². The number of ether oxygens (including phenoxy) is 2. The summed E-state index contributed by atoms with van der Waals surface area (Å²) in [5, 5.41) is 9.33. The summed E-state index contributed by atoms with van der Waals surface area (Å²) in [6.45, 7) is 11.2. The van der Waals surface area contributed by atoms with Crippen molar-refractivity contribution in [2.75, 3.05) is 24.7 Å². The number of rotatable bonds is 19. The van der Waals surface area contributed by atoms with Crippen molar-refractivity contribution >= 4 is 39.6 Å². The van der Waals surface area contributed by atoms with Crippen molar-refractivity contribution < 1.29 is 32.3 Å². The Morgan fingerprint density at radius 3 is 1.80 bits per heavy atom. The lowest BCUT2D eigenvalue weighted by molar-refractivity contribution is -0.141. The molecule has 12 heteroatoms. The van der Waals surface area contributed by atoms with E-state index in [1.54, 1.807) is 36.0 Å². The number of thioether (sulfide) groups is 1. The Bertz CT molecular complexity index is 1980. The van der Waals surface area contributed by atoms with Crippen LogP contribution in [0.3, 0.4) is 0 Å². The van der Waals surface area contributed by atoms with Crippen molar-refractivity contribution in [1.82, 2.24) is 16.0 Å². The molecule has 10 nitrogen and oxygen atoms in total. The molecule has 5 rings (SSSR count). The number of alkyl carbamates (subject to hydrolysis) is 1. The number of amides is 2. The lowest BCUT2D eigenvalue weighted by atomic mass is 9.84. The van der Waals surface area contributed by atoms with Gasteiger partial charge in [0.25, 0.3) is 0 Å². The predicted molar refractivity (Wildman–Crippen MR) is 236 cm³/mol. The summed E-state index contributed by atoms with van der Waals surface area (Å²) in [7, 11) is -4.22. The van der Waals surface area contributed by atoms with E-state index in [9.17, 15) is 22.8 Å². The van der Waals surface area contributed by atoms with Crippen molar-refractivity contribution in [1.29, 1.82) is 0 Å². The number of nitrogens with one attached hydrogen (secondary N) is 3. The van der Waals surface area contributed by atoms with Crippen molar-refractivity contribution in [2.45, 2.75) is 94.0 Å². The Balaban J connectivity index is 1.47. The van der Waals surface area contributed by atoms with E-state index in [0.717, 1.165) is 16.7 Å². The molecular weight excluding hydrogens is 783 g/mol. The Morgan fingerprint density at radius 1 is 0.831 bits per heavy atom. The van der Waals surface area contributed by atoms with Gasteiger partial charge in [0.15, 0.2) is 14.6 Å². The normalized spacial score (nSPS) is 17.2. The van der Waals surface area contributed by atoms with Gasteiger partial charge in [0.2, 0.25) is 5.91 Å². The van der Waals surface area contributed by atoms with Crippen LogP contribution >= 0.6 is 11.8 Å². The summed E-state index contributed by atoms with van der Waals surface area (Å²) < 4.78 is 37.8. The molecule has 5 atom stereocenters. The minimum absolute atomic E-state index is 0.0863. The first-order valence-electron chi connectivity index (χ1n) is 20.3. The van der Waals surface area contributed by atoms with Crippen LogP contribution in [0.25, 0.3) is 0 Å². The lowest BCUT2D eigenvalue weighted by Gasteiger charge is -2.37.